The van der Waals surface area contributed by atoms with E-state index in [1.54, 1.807) is 24.4 Å². The van der Waals surface area contributed by atoms with Crippen LogP contribution in [0.5, 0.6) is 0 Å². The Bertz CT molecular complexity index is 722. The lowest BCUT2D eigenvalue weighted by atomic mass is 10.2. The molecule has 0 aliphatic heterocycles. The predicted octanol–water partition coefficient (Wildman–Crippen LogP) is 2.76. The lowest BCUT2D eigenvalue weighted by molar-refractivity contribution is 0.0913. The minimum absolute atomic E-state index is 0.169. The highest BCUT2D eigenvalue weighted by molar-refractivity contribution is 7.19. The molecule has 0 saturated heterocycles. The number of aromatic nitrogens is 1. The molecule has 4 nitrogen and oxygen atoms in total. The number of nitrogens with zero attached hydrogens (tertiary/aromatic N) is 1. The number of thiophene rings is 1. The molecule has 0 aliphatic carbocycles. The van der Waals surface area contributed by atoms with E-state index >= 15 is 0 Å². The molecule has 0 spiro atoms. The van der Waals surface area contributed by atoms with Crippen molar-refractivity contribution >= 4 is 27.3 Å². The Hall–Kier alpha value is -2.24. The first-order chi connectivity index (χ1) is 10.2. The van der Waals surface area contributed by atoms with E-state index in [0.29, 0.717) is 5.69 Å². The number of pyridine rings is 1. The molecule has 106 valence electrons. The van der Waals surface area contributed by atoms with Gasteiger partial charge in [-0.15, -0.1) is 11.3 Å². The number of fused-ring (bicyclic) bond motifs is 1. The summed E-state index contributed by atoms with van der Waals surface area (Å²) in [5.41, 5.74) is 0.348. The molecular weight excluding hydrogens is 284 g/mol. The van der Waals surface area contributed by atoms with Crippen LogP contribution in [0.25, 0.3) is 10.1 Å². The summed E-state index contributed by atoms with van der Waals surface area (Å²) in [6.45, 7) is 0.169. The molecule has 1 aromatic carbocycles. The van der Waals surface area contributed by atoms with Gasteiger partial charge in [0.2, 0.25) is 0 Å². The van der Waals surface area contributed by atoms with Crippen molar-refractivity contribution in [2.75, 3.05) is 6.54 Å². The highest BCUT2D eigenvalue weighted by Crippen LogP contribution is 2.29. The molecule has 0 saturated carbocycles. The van der Waals surface area contributed by atoms with Crippen LogP contribution in [0.1, 0.15) is 21.5 Å². The lowest BCUT2D eigenvalue weighted by Crippen LogP contribution is -2.28. The Morgan fingerprint density at radius 1 is 1.24 bits per heavy atom. The molecule has 2 aromatic heterocycles. The van der Waals surface area contributed by atoms with Crippen molar-refractivity contribution in [3.8, 4) is 0 Å². The minimum atomic E-state index is -0.713. The van der Waals surface area contributed by atoms with E-state index in [-0.39, 0.29) is 12.5 Å². The van der Waals surface area contributed by atoms with Gasteiger partial charge in [0.15, 0.2) is 0 Å². The summed E-state index contributed by atoms with van der Waals surface area (Å²) in [6.07, 6.45) is 0.854. The van der Waals surface area contributed by atoms with Crippen molar-refractivity contribution < 1.29 is 9.90 Å². The SMILES string of the molecule is O=C(NCC(O)c1cc2ccccc2s1)c1ccccn1. The normalized spacial score (nSPS) is 12.2. The van der Waals surface area contributed by atoms with Crippen molar-refractivity contribution in [1.29, 1.82) is 0 Å². The fourth-order valence-corrected chi connectivity index (χ4v) is 3.09. The second-order valence-electron chi connectivity index (χ2n) is 4.63. The van der Waals surface area contributed by atoms with Crippen molar-refractivity contribution in [3.63, 3.8) is 0 Å². The van der Waals surface area contributed by atoms with Gasteiger partial charge in [-0.2, -0.15) is 0 Å². The van der Waals surface area contributed by atoms with Crippen LogP contribution < -0.4 is 5.32 Å². The Morgan fingerprint density at radius 2 is 2.05 bits per heavy atom. The molecule has 1 amide bonds. The zero-order chi connectivity index (χ0) is 14.7. The second kappa shape index (κ2) is 6.03. The zero-order valence-corrected chi connectivity index (χ0v) is 12.0. The van der Waals surface area contributed by atoms with Crippen molar-refractivity contribution in [2.24, 2.45) is 0 Å². The maximum atomic E-state index is 11.9. The zero-order valence-electron chi connectivity index (χ0n) is 11.2. The topological polar surface area (TPSA) is 62.2 Å². The summed E-state index contributed by atoms with van der Waals surface area (Å²) < 4.78 is 1.13. The molecule has 2 N–H and O–H groups in total. The Labute approximate surface area is 126 Å². The molecule has 0 radical (unpaired) electrons. The third kappa shape index (κ3) is 3.09. The number of hydrogen-bond donors (Lipinski definition) is 2. The van der Waals surface area contributed by atoms with Gasteiger partial charge in [-0.05, 0) is 29.7 Å². The Morgan fingerprint density at radius 3 is 2.81 bits per heavy atom. The molecular formula is C16H14N2O2S. The number of nitrogens with one attached hydrogen (secondary N) is 1. The monoisotopic (exact) mass is 298 g/mol. The van der Waals surface area contributed by atoms with Crippen LogP contribution >= 0.6 is 11.3 Å². The maximum Gasteiger partial charge on any atom is 0.269 e. The number of carbonyl (C=O) groups is 1. The molecule has 3 rings (SSSR count). The van der Waals surface area contributed by atoms with Crippen molar-refractivity contribution in [2.45, 2.75) is 6.10 Å². The quantitative estimate of drug-likeness (QED) is 0.778. The van der Waals surface area contributed by atoms with Gasteiger partial charge in [0.05, 0.1) is 0 Å². The summed E-state index contributed by atoms with van der Waals surface area (Å²) in [5.74, 6) is -0.282. The standard InChI is InChI=1S/C16H14N2O2S/c19-13(10-18-16(20)12-6-3-4-8-17-12)15-9-11-5-1-2-7-14(11)21-15/h1-9,13,19H,10H2,(H,18,20). The third-order valence-electron chi connectivity index (χ3n) is 3.13. The molecule has 21 heavy (non-hydrogen) atoms. The molecule has 5 heteroatoms. The van der Waals surface area contributed by atoms with E-state index in [1.807, 2.05) is 30.3 Å². The van der Waals surface area contributed by atoms with Crippen LogP contribution in [0, 0.1) is 0 Å². The van der Waals surface area contributed by atoms with Gasteiger partial charge in [0, 0.05) is 22.3 Å². The van der Waals surface area contributed by atoms with Crippen LogP contribution in [0.3, 0.4) is 0 Å². The smallest absolute Gasteiger partial charge is 0.269 e. The van der Waals surface area contributed by atoms with Crippen LogP contribution in [0.2, 0.25) is 0 Å². The number of amides is 1. The first kappa shape index (κ1) is 13.7. The van der Waals surface area contributed by atoms with E-state index in [1.165, 1.54) is 11.3 Å². The number of carbonyl (C=O) groups excluding carboxylic acids is 1. The highest BCUT2D eigenvalue weighted by Gasteiger charge is 2.13. The second-order valence-corrected chi connectivity index (χ2v) is 5.74. The molecule has 0 fully saturated rings. The Kier molecular flexibility index (Phi) is 3.94. The van der Waals surface area contributed by atoms with Gasteiger partial charge in [0.1, 0.15) is 11.8 Å². The number of rotatable bonds is 4. The van der Waals surface area contributed by atoms with Crippen LogP contribution in [-0.2, 0) is 0 Å². The molecule has 3 aromatic rings. The predicted molar refractivity (Wildman–Crippen MR) is 83.4 cm³/mol. The third-order valence-corrected chi connectivity index (χ3v) is 4.34. The molecule has 0 aliphatic rings. The summed E-state index contributed by atoms with van der Waals surface area (Å²) in [4.78, 5) is 16.7. The first-order valence-electron chi connectivity index (χ1n) is 6.60. The summed E-state index contributed by atoms with van der Waals surface area (Å²) >= 11 is 1.54. The fraction of sp³-hybridized carbons (Fsp3) is 0.125. The summed E-state index contributed by atoms with van der Waals surface area (Å²) in [6, 6.07) is 15.1. The van der Waals surface area contributed by atoms with Gasteiger partial charge >= 0.3 is 0 Å². The van der Waals surface area contributed by atoms with E-state index in [4.69, 9.17) is 0 Å². The number of hydrogen-bond acceptors (Lipinski definition) is 4. The van der Waals surface area contributed by atoms with Gasteiger partial charge in [-0.25, -0.2) is 0 Å². The van der Waals surface area contributed by atoms with E-state index < -0.39 is 6.10 Å². The van der Waals surface area contributed by atoms with Crippen LogP contribution in [0.15, 0.2) is 54.7 Å². The summed E-state index contributed by atoms with van der Waals surface area (Å²) in [7, 11) is 0. The number of aliphatic hydroxyl groups is 1. The lowest BCUT2D eigenvalue weighted by Gasteiger charge is -2.09. The molecule has 0 bridgehead atoms. The van der Waals surface area contributed by atoms with Crippen molar-refractivity contribution in [3.05, 3.63) is 65.3 Å². The van der Waals surface area contributed by atoms with Crippen LogP contribution in [0.4, 0.5) is 0 Å². The Balaban J connectivity index is 1.66. The highest BCUT2D eigenvalue weighted by atomic mass is 32.1. The van der Waals surface area contributed by atoms with Gasteiger partial charge < -0.3 is 10.4 Å². The molecule has 1 atom stereocenters. The van der Waals surface area contributed by atoms with Gasteiger partial charge in [0.25, 0.3) is 5.91 Å². The minimum Gasteiger partial charge on any atom is -0.386 e. The largest absolute Gasteiger partial charge is 0.386 e. The average Bonchev–Trinajstić information content (AvgIpc) is 2.97. The van der Waals surface area contributed by atoms with Gasteiger partial charge in [-0.1, -0.05) is 24.3 Å². The van der Waals surface area contributed by atoms with E-state index in [2.05, 4.69) is 10.3 Å². The fourth-order valence-electron chi connectivity index (χ4n) is 2.04. The van der Waals surface area contributed by atoms with Crippen molar-refractivity contribution in [1.82, 2.24) is 10.3 Å². The number of aliphatic hydroxyl groups excluding tert-OH is 1. The molecule has 2 heterocycles. The maximum absolute atomic E-state index is 11.9. The first-order valence-corrected chi connectivity index (χ1v) is 7.41. The average molecular weight is 298 g/mol. The van der Waals surface area contributed by atoms with E-state index in [0.717, 1.165) is 15.0 Å². The van der Waals surface area contributed by atoms with Gasteiger partial charge in [-0.3, -0.25) is 9.78 Å². The number of benzene rings is 1. The van der Waals surface area contributed by atoms with E-state index in [9.17, 15) is 9.90 Å². The molecule has 1 unspecified atom stereocenters. The summed E-state index contributed by atoms with van der Waals surface area (Å²) in [5, 5.41) is 14.0. The van der Waals surface area contributed by atoms with Crippen LogP contribution in [-0.4, -0.2) is 22.5 Å².